The van der Waals surface area contributed by atoms with Crippen molar-refractivity contribution in [3.05, 3.63) is 29.6 Å². The number of halogens is 1. The zero-order valence-electron chi connectivity index (χ0n) is 11.5. The summed E-state index contributed by atoms with van der Waals surface area (Å²) in [4.78, 5) is 22.4. The lowest BCUT2D eigenvalue weighted by atomic mass is 10.1. The van der Waals surface area contributed by atoms with Crippen molar-refractivity contribution in [3.63, 3.8) is 0 Å². The van der Waals surface area contributed by atoms with E-state index in [0.717, 1.165) is 12.5 Å². The molecule has 0 aliphatic heterocycles. The van der Waals surface area contributed by atoms with Crippen LogP contribution in [-0.2, 0) is 4.79 Å². The van der Waals surface area contributed by atoms with Crippen LogP contribution >= 0.6 is 0 Å². The van der Waals surface area contributed by atoms with E-state index in [-0.39, 0.29) is 5.56 Å². The molecule has 2 N–H and O–H groups in total. The average Bonchev–Trinajstić information content (AvgIpc) is 2.36. The number of carboxylic acid groups (broad SMARTS) is 1. The standard InChI is InChI=1S/C14H18FNO4/c1-9(2)6-7-16-12(17)8-20-13-10(14(18)19)4-3-5-11(13)15/h3-5,9H,6-8H2,1-2H3,(H,16,17)(H,18,19). The van der Waals surface area contributed by atoms with Crippen molar-refractivity contribution < 1.29 is 23.8 Å². The molecule has 0 aromatic heterocycles. The molecule has 1 aromatic carbocycles. The molecule has 20 heavy (non-hydrogen) atoms. The number of ether oxygens (including phenoxy) is 1. The highest BCUT2D eigenvalue weighted by Gasteiger charge is 2.16. The molecule has 1 amide bonds. The van der Waals surface area contributed by atoms with Crippen LogP contribution in [-0.4, -0.2) is 30.1 Å². The normalized spacial score (nSPS) is 10.4. The second-order valence-corrected chi connectivity index (χ2v) is 4.74. The van der Waals surface area contributed by atoms with Crippen LogP contribution in [0.2, 0.25) is 0 Å². The summed E-state index contributed by atoms with van der Waals surface area (Å²) in [5.41, 5.74) is -0.306. The maximum Gasteiger partial charge on any atom is 0.339 e. The Labute approximate surface area is 116 Å². The summed E-state index contributed by atoms with van der Waals surface area (Å²) in [6.07, 6.45) is 0.825. The van der Waals surface area contributed by atoms with Gasteiger partial charge in [-0.05, 0) is 24.5 Å². The molecule has 0 unspecified atom stereocenters. The van der Waals surface area contributed by atoms with E-state index in [2.05, 4.69) is 5.32 Å². The number of para-hydroxylation sites is 1. The Morgan fingerprint density at radius 2 is 2.10 bits per heavy atom. The highest BCUT2D eigenvalue weighted by Crippen LogP contribution is 2.22. The van der Waals surface area contributed by atoms with Gasteiger partial charge in [0.2, 0.25) is 0 Å². The summed E-state index contributed by atoms with van der Waals surface area (Å²) in [6.45, 7) is 4.14. The van der Waals surface area contributed by atoms with E-state index >= 15 is 0 Å². The quantitative estimate of drug-likeness (QED) is 0.803. The maximum atomic E-state index is 13.5. The average molecular weight is 283 g/mol. The number of amides is 1. The SMILES string of the molecule is CC(C)CCNC(=O)COc1c(F)cccc1C(=O)O. The molecule has 0 fully saturated rings. The lowest BCUT2D eigenvalue weighted by molar-refractivity contribution is -0.123. The molecule has 0 saturated carbocycles. The number of rotatable bonds is 7. The molecule has 0 spiro atoms. The number of hydrogen-bond acceptors (Lipinski definition) is 3. The van der Waals surface area contributed by atoms with E-state index in [1.807, 2.05) is 13.8 Å². The first kappa shape index (κ1) is 15.9. The smallest absolute Gasteiger partial charge is 0.339 e. The van der Waals surface area contributed by atoms with Crippen molar-refractivity contribution in [1.29, 1.82) is 0 Å². The Hall–Kier alpha value is -2.11. The topological polar surface area (TPSA) is 75.6 Å². The highest BCUT2D eigenvalue weighted by molar-refractivity contribution is 5.91. The summed E-state index contributed by atoms with van der Waals surface area (Å²) in [7, 11) is 0. The van der Waals surface area contributed by atoms with Gasteiger partial charge in [0, 0.05) is 6.54 Å². The van der Waals surface area contributed by atoms with Gasteiger partial charge in [-0.2, -0.15) is 0 Å². The van der Waals surface area contributed by atoms with Crippen molar-refractivity contribution in [2.24, 2.45) is 5.92 Å². The number of carboxylic acids is 1. The van der Waals surface area contributed by atoms with Gasteiger partial charge in [-0.15, -0.1) is 0 Å². The van der Waals surface area contributed by atoms with Gasteiger partial charge in [-0.25, -0.2) is 9.18 Å². The Morgan fingerprint density at radius 3 is 2.70 bits per heavy atom. The number of carbonyl (C=O) groups excluding carboxylic acids is 1. The van der Waals surface area contributed by atoms with Gasteiger partial charge in [-0.1, -0.05) is 19.9 Å². The lowest BCUT2D eigenvalue weighted by Gasteiger charge is -2.11. The first-order valence-corrected chi connectivity index (χ1v) is 6.33. The fraction of sp³-hybridized carbons (Fsp3) is 0.429. The van der Waals surface area contributed by atoms with Gasteiger partial charge in [0.15, 0.2) is 18.2 Å². The number of aromatic carboxylic acids is 1. The first-order valence-electron chi connectivity index (χ1n) is 6.33. The van der Waals surface area contributed by atoms with Crippen molar-refractivity contribution in [2.45, 2.75) is 20.3 Å². The molecule has 6 heteroatoms. The third-order valence-corrected chi connectivity index (χ3v) is 2.59. The lowest BCUT2D eigenvalue weighted by Crippen LogP contribution is -2.30. The minimum Gasteiger partial charge on any atom is -0.480 e. The molecular weight excluding hydrogens is 265 g/mol. The Kier molecular flexibility index (Phi) is 5.96. The number of hydrogen-bond donors (Lipinski definition) is 2. The van der Waals surface area contributed by atoms with Crippen molar-refractivity contribution >= 4 is 11.9 Å². The van der Waals surface area contributed by atoms with E-state index in [9.17, 15) is 14.0 Å². The third kappa shape index (κ3) is 4.87. The van der Waals surface area contributed by atoms with E-state index in [1.54, 1.807) is 0 Å². The predicted molar refractivity (Wildman–Crippen MR) is 71.3 cm³/mol. The Morgan fingerprint density at radius 1 is 1.40 bits per heavy atom. The molecule has 0 atom stereocenters. The Balaban J connectivity index is 2.57. The molecule has 1 rings (SSSR count). The van der Waals surface area contributed by atoms with Gasteiger partial charge in [0.05, 0.1) is 0 Å². The predicted octanol–water partition coefficient (Wildman–Crippen LogP) is 2.06. The zero-order chi connectivity index (χ0) is 15.1. The molecule has 1 aromatic rings. The van der Waals surface area contributed by atoms with Gasteiger partial charge < -0.3 is 15.2 Å². The molecule has 110 valence electrons. The number of nitrogens with one attached hydrogen (secondary N) is 1. The third-order valence-electron chi connectivity index (χ3n) is 2.59. The molecule has 0 aliphatic rings. The highest BCUT2D eigenvalue weighted by atomic mass is 19.1. The van der Waals surface area contributed by atoms with Crippen LogP contribution in [0.1, 0.15) is 30.6 Å². The summed E-state index contributed by atoms with van der Waals surface area (Å²) >= 11 is 0. The van der Waals surface area contributed by atoms with Gasteiger partial charge in [0.25, 0.3) is 5.91 Å². The van der Waals surface area contributed by atoms with Crippen molar-refractivity contribution in [2.75, 3.05) is 13.2 Å². The maximum absolute atomic E-state index is 13.5. The largest absolute Gasteiger partial charge is 0.480 e. The fourth-order valence-electron chi connectivity index (χ4n) is 1.51. The molecule has 0 aliphatic carbocycles. The molecule has 5 nitrogen and oxygen atoms in total. The Bertz CT molecular complexity index is 488. The van der Waals surface area contributed by atoms with Crippen molar-refractivity contribution in [3.8, 4) is 5.75 Å². The molecular formula is C14H18FNO4. The molecule has 0 saturated heterocycles. The van der Waals surface area contributed by atoms with Crippen molar-refractivity contribution in [1.82, 2.24) is 5.32 Å². The van der Waals surface area contributed by atoms with E-state index in [4.69, 9.17) is 9.84 Å². The first-order chi connectivity index (χ1) is 9.41. The summed E-state index contributed by atoms with van der Waals surface area (Å²) in [6, 6.07) is 3.57. The van der Waals surface area contributed by atoms with Crippen LogP contribution in [0.3, 0.4) is 0 Å². The fourth-order valence-corrected chi connectivity index (χ4v) is 1.51. The van der Waals surface area contributed by atoms with E-state index in [1.165, 1.54) is 12.1 Å². The minimum atomic E-state index is -1.31. The zero-order valence-corrected chi connectivity index (χ0v) is 11.5. The monoisotopic (exact) mass is 283 g/mol. The number of carbonyl (C=O) groups is 2. The van der Waals surface area contributed by atoms with Gasteiger partial charge in [-0.3, -0.25) is 4.79 Å². The summed E-state index contributed by atoms with van der Waals surface area (Å²) in [5, 5.41) is 11.5. The van der Waals surface area contributed by atoms with Crippen LogP contribution in [0, 0.1) is 11.7 Å². The molecule has 0 bridgehead atoms. The van der Waals surface area contributed by atoms with Crippen LogP contribution < -0.4 is 10.1 Å². The summed E-state index contributed by atoms with van der Waals surface area (Å²) in [5.74, 6) is -2.48. The number of benzene rings is 1. The van der Waals surface area contributed by atoms with Crippen LogP contribution in [0.15, 0.2) is 18.2 Å². The second-order valence-electron chi connectivity index (χ2n) is 4.74. The van der Waals surface area contributed by atoms with Gasteiger partial charge >= 0.3 is 5.97 Å². The molecule has 0 heterocycles. The second kappa shape index (κ2) is 7.47. The van der Waals surface area contributed by atoms with E-state index in [0.29, 0.717) is 12.5 Å². The van der Waals surface area contributed by atoms with Crippen LogP contribution in [0.5, 0.6) is 5.75 Å². The van der Waals surface area contributed by atoms with Crippen LogP contribution in [0.25, 0.3) is 0 Å². The summed E-state index contributed by atoms with van der Waals surface area (Å²) < 4.78 is 18.5. The molecule has 0 radical (unpaired) electrons. The minimum absolute atomic E-state index is 0.306. The van der Waals surface area contributed by atoms with Gasteiger partial charge in [0.1, 0.15) is 5.56 Å². The van der Waals surface area contributed by atoms with Crippen LogP contribution in [0.4, 0.5) is 4.39 Å². The van der Waals surface area contributed by atoms with E-state index < -0.39 is 30.1 Å².